The summed E-state index contributed by atoms with van der Waals surface area (Å²) >= 11 is 6.30. The zero-order chi connectivity index (χ0) is 31.8. The maximum Gasteiger partial charge on any atom is 0.203 e. The molecule has 0 amide bonds. The monoisotopic (exact) mass is 630 g/mol. The van der Waals surface area contributed by atoms with Crippen molar-refractivity contribution >= 4 is 11.6 Å². The number of halogens is 1. The molecular weight excluding hydrogens is 564 g/mol. The van der Waals surface area contributed by atoms with E-state index in [0.29, 0.717) is 25.7 Å². The van der Waals surface area contributed by atoms with Crippen molar-refractivity contribution in [3.63, 3.8) is 0 Å². The van der Waals surface area contributed by atoms with Gasteiger partial charge in [-0.05, 0) is 75.5 Å². The smallest absolute Gasteiger partial charge is 0.203 e. The molecule has 3 nitrogen and oxygen atoms in total. The van der Waals surface area contributed by atoms with Crippen LogP contribution in [0.1, 0.15) is 160 Å². The molecule has 4 heteroatoms. The van der Waals surface area contributed by atoms with Gasteiger partial charge in [0.1, 0.15) is 0 Å². The molecule has 0 saturated heterocycles. The Balaban J connectivity index is 2.58. The average Bonchev–Trinajstić information content (AvgIpc) is 3.04. The fourth-order valence-corrected chi connectivity index (χ4v) is 5.58. The number of rotatable bonds is 34. The van der Waals surface area contributed by atoms with Crippen molar-refractivity contribution in [1.29, 1.82) is 0 Å². The third-order valence-electron chi connectivity index (χ3n) is 8.15. The van der Waals surface area contributed by atoms with Crippen molar-refractivity contribution in [2.45, 2.75) is 160 Å². The SMILES string of the molecule is C=CCCCCCCCCCOc1cc(CCl)cc(OCCCCCCCCCC=C)c1OCCCCCCCCCC=C. The third-order valence-corrected chi connectivity index (χ3v) is 8.46. The molecule has 44 heavy (non-hydrogen) atoms. The molecule has 252 valence electrons. The van der Waals surface area contributed by atoms with Gasteiger partial charge in [0.25, 0.3) is 0 Å². The quantitative estimate of drug-likeness (QED) is 0.0430. The second kappa shape index (κ2) is 31.1. The number of unbranched alkanes of at least 4 members (excludes halogenated alkanes) is 21. The lowest BCUT2D eigenvalue weighted by atomic mass is 10.1. The van der Waals surface area contributed by atoms with E-state index < -0.39 is 0 Å². The van der Waals surface area contributed by atoms with Crippen LogP contribution in [0.5, 0.6) is 17.2 Å². The van der Waals surface area contributed by atoms with Gasteiger partial charge in [-0.15, -0.1) is 31.3 Å². The van der Waals surface area contributed by atoms with Gasteiger partial charge < -0.3 is 14.2 Å². The van der Waals surface area contributed by atoms with E-state index in [2.05, 4.69) is 19.7 Å². The Hall–Kier alpha value is -1.87. The van der Waals surface area contributed by atoms with Crippen LogP contribution in [0.3, 0.4) is 0 Å². The van der Waals surface area contributed by atoms with Crippen molar-refractivity contribution in [3.05, 3.63) is 55.7 Å². The summed E-state index contributed by atoms with van der Waals surface area (Å²) in [6.45, 7) is 13.5. The van der Waals surface area contributed by atoms with Gasteiger partial charge >= 0.3 is 0 Å². The maximum absolute atomic E-state index is 6.39. The van der Waals surface area contributed by atoms with Crippen molar-refractivity contribution < 1.29 is 14.2 Å². The molecule has 0 unspecified atom stereocenters. The van der Waals surface area contributed by atoms with Crippen molar-refractivity contribution in [1.82, 2.24) is 0 Å². The molecule has 0 aliphatic carbocycles. The van der Waals surface area contributed by atoms with Gasteiger partial charge in [0.05, 0.1) is 19.8 Å². The van der Waals surface area contributed by atoms with Crippen LogP contribution in [0.25, 0.3) is 0 Å². The van der Waals surface area contributed by atoms with Gasteiger partial charge in [-0.25, -0.2) is 0 Å². The van der Waals surface area contributed by atoms with Gasteiger partial charge in [0.2, 0.25) is 5.75 Å². The minimum absolute atomic E-state index is 0.428. The average molecular weight is 631 g/mol. The van der Waals surface area contributed by atoms with Crippen molar-refractivity contribution in [2.75, 3.05) is 19.8 Å². The molecular formula is C40H67ClO3. The first-order valence-electron chi connectivity index (χ1n) is 18.2. The summed E-state index contributed by atoms with van der Waals surface area (Å²) < 4.78 is 19.1. The van der Waals surface area contributed by atoms with Gasteiger partial charge in [-0.2, -0.15) is 0 Å². The summed E-state index contributed by atoms with van der Waals surface area (Å²) in [5, 5.41) is 0. The molecule has 1 aromatic rings. The molecule has 1 rings (SSSR count). The zero-order valence-corrected chi connectivity index (χ0v) is 29.2. The number of alkyl halides is 1. The van der Waals surface area contributed by atoms with Crippen molar-refractivity contribution in [3.8, 4) is 17.2 Å². The van der Waals surface area contributed by atoms with E-state index in [-0.39, 0.29) is 0 Å². The largest absolute Gasteiger partial charge is 0.490 e. The summed E-state index contributed by atoms with van der Waals surface area (Å²) in [4.78, 5) is 0. The van der Waals surface area contributed by atoms with Gasteiger partial charge in [-0.3, -0.25) is 0 Å². The Morgan fingerprint density at radius 2 is 0.727 bits per heavy atom. The predicted octanol–water partition coefficient (Wildman–Crippen LogP) is 13.5. The Morgan fingerprint density at radius 1 is 0.432 bits per heavy atom. The Kier molecular flexibility index (Phi) is 28.4. The zero-order valence-electron chi connectivity index (χ0n) is 28.4. The number of hydrogen-bond acceptors (Lipinski definition) is 3. The minimum atomic E-state index is 0.428. The predicted molar refractivity (Wildman–Crippen MR) is 194 cm³/mol. The summed E-state index contributed by atoms with van der Waals surface area (Å²) in [6.07, 6.45) is 35.6. The van der Waals surface area contributed by atoms with E-state index in [9.17, 15) is 0 Å². The summed E-state index contributed by atoms with van der Waals surface area (Å²) in [5.41, 5.74) is 1.01. The fraction of sp³-hybridized carbons (Fsp3) is 0.700. The molecule has 0 heterocycles. The van der Waals surface area contributed by atoms with Crippen LogP contribution in [0, 0.1) is 0 Å². The van der Waals surface area contributed by atoms with Crippen LogP contribution in [-0.4, -0.2) is 19.8 Å². The molecule has 0 aromatic heterocycles. The van der Waals surface area contributed by atoms with Crippen LogP contribution in [0.4, 0.5) is 0 Å². The number of benzene rings is 1. The first-order valence-corrected chi connectivity index (χ1v) is 18.7. The van der Waals surface area contributed by atoms with Gasteiger partial charge in [0, 0.05) is 5.88 Å². The van der Waals surface area contributed by atoms with E-state index in [1.807, 2.05) is 30.4 Å². The molecule has 0 radical (unpaired) electrons. The van der Waals surface area contributed by atoms with Gasteiger partial charge in [0.15, 0.2) is 11.5 Å². The van der Waals surface area contributed by atoms with E-state index in [1.165, 1.54) is 116 Å². The lowest BCUT2D eigenvalue weighted by Gasteiger charge is -2.18. The third kappa shape index (κ3) is 22.6. The van der Waals surface area contributed by atoms with E-state index in [4.69, 9.17) is 25.8 Å². The number of hydrogen-bond donors (Lipinski definition) is 0. The Bertz CT molecular complexity index is 772. The lowest BCUT2D eigenvalue weighted by molar-refractivity contribution is 0.234. The first-order chi connectivity index (χ1) is 21.8. The Labute approximate surface area is 277 Å². The van der Waals surface area contributed by atoms with Crippen molar-refractivity contribution in [2.24, 2.45) is 0 Å². The van der Waals surface area contributed by atoms with Crippen LogP contribution in [0.2, 0.25) is 0 Å². The van der Waals surface area contributed by atoms with E-state index in [1.54, 1.807) is 0 Å². The van der Waals surface area contributed by atoms with Gasteiger partial charge in [-0.1, -0.05) is 115 Å². The number of allylic oxidation sites excluding steroid dienone is 3. The summed E-state index contributed by atoms with van der Waals surface area (Å²) in [5.74, 6) is 2.75. The fourth-order valence-electron chi connectivity index (χ4n) is 5.43. The summed E-state index contributed by atoms with van der Waals surface area (Å²) in [7, 11) is 0. The maximum atomic E-state index is 6.39. The topological polar surface area (TPSA) is 27.7 Å². The molecule has 0 aliphatic rings. The van der Waals surface area contributed by atoms with Crippen LogP contribution in [0.15, 0.2) is 50.1 Å². The molecule has 0 spiro atoms. The van der Waals surface area contributed by atoms with E-state index >= 15 is 0 Å². The first kappa shape index (κ1) is 40.2. The Morgan fingerprint density at radius 3 is 1.05 bits per heavy atom. The molecule has 0 saturated carbocycles. The van der Waals surface area contributed by atoms with Crippen LogP contribution < -0.4 is 14.2 Å². The van der Waals surface area contributed by atoms with Crippen LogP contribution in [-0.2, 0) is 5.88 Å². The normalized spacial score (nSPS) is 10.9. The lowest BCUT2D eigenvalue weighted by Crippen LogP contribution is -2.07. The molecule has 0 atom stereocenters. The highest BCUT2D eigenvalue weighted by Crippen LogP contribution is 2.40. The summed E-state index contributed by atoms with van der Waals surface area (Å²) in [6, 6.07) is 4.09. The standard InChI is InChI=1S/C40H67ClO3/c1-4-7-10-13-16-19-22-25-28-31-42-38-34-37(36-41)35-39(43-32-29-26-23-20-17-14-11-8-5-2)40(38)44-33-30-27-24-21-18-15-12-9-6-3/h4-6,34-35H,1-3,7-33,36H2. The minimum Gasteiger partial charge on any atom is -0.490 e. The second-order valence-corrected chi connectivity index (χ2v) is 12.5. The molecule has 0 fully saturated rings. The highest BCUT2D eigenvalue weighted by Gasteiger charge is 2.16. The van der Waals surface area contributed by atoms with Crippen LogP contribution >= 0.6 is 11.6 Å². The molecule has 0 aliphatic heterocycles. The highest BCUT2D eigenvalue weighted by molar-refractivity contribution is 6.17. The second-order valence-electron chi connectivity index (χ2n) is 12.3. The number of ether oxygens (including phenoxy) is 3. The molecule has 1 aromatic carbocycles. The molecule has 0 bridgehead atoms. The van der Waals surface area contributed by atoms with E-state index in [0.717, 1.165) is 61.3 Å². The molecule has 0 N–H and O–H groups in total. The highest BCUT2D eigenvalue weighted by atomic mass is 35.5.